The number of ether oxygens (including phenoxy) is 1. The predicted molar refractivity (Wildman–Crippen MR) is 121 cm³/mol. The van der Waals surface area contributed by atoms with Gasteiger partial charge < -0.3 is 10.1 Å². The van der Waals surface area contributed by atoms with Gasteiger partial charge in [-0.05, 0) is 67.4 Å². The van der Waals surface area contributed by atoms with E-state index in [1.54, 1.807) is 36.4 Å². The minimum Gasteiger partial charge on any atom is -0.410 e. The van der Waals surface area contributed by atoms with Crippen LogP contribution in [-0.2, 0) is 5.67 Å². The van der Waals surface area contributed by atoms with Gasteiger partial charge in [0.05, 0.1) is 0 Å². The molecule has 5 nitrogen and oxygen atoms in total. The monoisotopic (exact) mass is 528 g/mol. The molecule has 0 saturated carbocycles. The summed E-state index contributed by atoms with van der Waals surface area (Å²) >= 11 is 0. The van der Waals surface area contributed by atoms with Crippen molar-refractivity contribution in [3.05, 3.63) is 89.0 Å². The zero-order chi connectivity index (χ0) is 27.6. The molecule has 0 aliphatic carbocycles. The third-order valence-corrected chi connectivity index (χ3v) is 5.24. The lowest BCUT2D eigenvalue weighted by atomic mass is 9.91. The second kappa shape index (κ2) is 10.1. The van der Waals surface area contributed by atoms with Gasteiger partial charge >= 0.3 is 24.1 Å². The van der Waals surface area contributed by atoms with Gasteiger partial charge in [-0.15, -0.1) is 0 Å². The average Bonchev–Trinajstić information content (AvgIpc) is 2.80. The SMILES string of the molecule is Cc1cc(C(F)(C(F)(F)F)C(F)(F)F)cc(C)c1OC(=O)Nc1cccc(NC(=O)c2ccccc2)c1. The highest BCUT2D eigenvalue weighted by molar-refractivity contribution is 6.04. The molecule has 0 atom stereocenters. The normalized spacial score (nSPS) is 12.1. The zero-order valence-corrected chi connectivity index (χ0v) is 19.2. The van der Waals surface area contributed by atoms with Crippen LogP contribution in [0.2, 0.25) is 0 Å². The number of halogens is 7. The smallest absolute Gasteiger partial charge is 0.410 e. The molecule has 0 radical (unpaired) electrons. The fourth-order valence-corrected chi connectivity index (χ4v) is 3.50. The summed E-state index contributed by atoms with van der Waals surface area (Å²) in [7, 11) is 0. The quantitative estimate of drug-likeness (QED) is 0.338. The van der Waals surface area contributed by atoms with Gasteiger partial charge in [-0.2, -0.15) is 26.3 Å². The topological polar surface area (TPSA) is 67.4 Å². The second-order valence-electron chi connectivity index (χ2n) is 8.01. The summed E-state index contributed by atoms with van der Waals surface area (Å²) < 4.78 is 98.1. The van der Waals surface area contributed by atoms with Gasteiger partial charge in [0.2, 0.25) is 0 Å². The number of nitrogens with one attached hydrogen (secondary N) is 2. The summed E-state index contributed by atoms with van der Waals surface area (Å²) in [5.41, 5.74) is -7.07. The summed E-state index contributed by atoms with van der Waals surface area (Å²) in [5, 5.41) is 4.98. The Bertz CT molecular complexity index is 1270. The molecule has 0 aliphatic rings. The number of amides is 2. The van der Waals surface area contributed by atoms with Crippen molar-refractivity contribution in [1.29, 1.82) is 0 Å². The molecule has 0 aliphatic heterocycles. The maximum absolute atomic E-state index is 14.4. The first-order chi connectivity index (χ1) is 17.1. The molecule has 0 spiro atoms. The summed E-state index contributed by atoms with van der Waals surface area (Å²) in [4.78, 5) is 24.7. The lowest BCUT2D eigenvalue weighted by molar-refractivity contribution is -0.348. The molecule has 37 heavy (non-hydrogen) atoms. The van der Waals surface area contributed by atoms with Crippen molar-refractivity contribution in [3.8, 4) is 5.75 Å². The molecule has 0 saturated heterocycles. The van der Waals surface area contributed by atoms with Gasteiger partial charge in [-0.3, -0.25) is 10.1 Å². The predicted octanol–water partition coefficient (Wildman–Crippen LogP) is 7.46. The van der Waals surface area contributed by atoms with Crippen LogP contribution >= 0.6 is 0 Å². The number of alkyl halides is 7. The van der Waals surface area contributed by atoms with Crippen molar-refractivity contribution in [3.63, 3.8) is 0 Å². The van der Waals surface area contributed by atoms with Crippen molar-refractivity contribution in [2.75, 3.05) is 10.6 Å². The highest BCUT2D eigenvalue weighted by atomic mass is 19.4. The lowest BCUT2D eigenvalue weighted by Crippen LogP contribution is -2.50. The molecule has 2 amide bonds. The molecule has 0 fully saturated rings. The van der Waals surface area contributed by atoms with Gasteiger partial charge in [-0.25, -0.2) is 9.18 Å². The average molecular weight is 528 g/mol. The molecule has 3 rings (SSSR count). The molecule has 0 heterocycles. The number of carbonyl (C=O) groups is 2. The van der Waals surface area contributed by atoms with E-state index in [-0.39, 0.29) is 22.6 Å². The number of hydrogen-bond donors (Lipinski definition) is 2. The van der Waals surface area contributed by atoms with Crippen molar-refractivity contribution >= 4 is 23.4 Å². The van der Waals surface area contributed by atoms with Gasteiger partial charge in [0.25, 0.3) is 5.91 Å². The number of anilines is 2. The fourth-order valence-electron chi connectivity index (χ4n) is 3.50. The molecule has 2 N–H and O–H groups in total. The van der Waals surface area contributed by atoms with Crippen LogP contribution in [-0.4, -0.2) is 24.4 Å². The summed E-state index contributed by atoms with van der Waals surface area (Å²) in [5.74, 6) is -0.755. The largest absolute Gasteiger partial charge is 0.435 e. The van der Waals surface area contributed by atoms with Gasteiger partial charge in [0.1, 0.15) is 5.75 Å². The van der Waals surface area contributed by atoms with Crippen molar-refractivity contribution in [2.45, 2.75) is 31.9 Å². The van der Waals surface area contributed by atoms with E-state index in [4.69, 9.17) is 4.74 Å². The minimum absolute atomic E-state index is 0.166. The van der Waals surface area contributed by atoms with E-state index in [9.17, 15) is 40.3 Å². The molecule has 12 heteroatoms. The van der Waals surface area contributed by atoms with E-state index in [2.05, 4.69) is 10.6 Å². The zero-order valence-electron chi connectivity index (χ0n) is 19.2. The first kappa shape index (κ1) is 27.5. The standard InChI is InChI=1S/C25H19F7N2O3/c1-14-11-17(23(26,24(27,28)29)25(30,31)32)12-15(2)20(14)37-22(36)34-19-10-6-9-18(13-19)33-21(35)16-7-4-3-5-8-16/h3-13H,1-2H3,(H,33,35)(H,34,36). The van der Waals surface area contributed by atoms with Crippen molar-refractivity contribution in [1.82, 2.24) is 0 Å². The maximum Gasteiger partial charge on any atom is 0.435 e. The van der Waals surface area contributed by atoms with E-state index < -0.39 is 35.6 Å². The highest BCUT2D eigenvalue weighted by Gasteiger charge is 2.73. The summed E-state index contributed by atoms with van der Waals surface area (Å²) in [6.07, 6.45) is -13.7. The third kappa shape index (κ3) is 5.84. The van der Waals surface area contributed by atoms with Crippen molar-refractivity contribution in [2.24, 2.45) is 0 Å². The first-order valence-corrected chi connectivity index (χ1v) is 10.5. The van der Waals surface area contributed by atoms with E-state index >= 15 is 0 Å². The van der Waals surface area contributed by atoms with E-state index in [1.807, 2.05) is 0 Å². The number of rotatable bonds is 5. The summed E-state index contributed by atoms with van der Waals surface area (Å²) in [6, 6.07) is 14.9. The van der Waals surface area contributed by atoms with Crippen LogP contribution in [0.4, 0.5) is 46.9 Å². The van der Waals surface area contributed by atoms with E-state index in [0.717, 1.165) is 13.8 Å². The molecular weight excluding hydrogens is 509 g/mol. The number of hydrogen-bond acceptors (Lipinski definition) is 3. The Kier molecular flexibility index (Phi) is 7.51. The van der Waals surface area contributed by atoms with Crippen LogP contribution in [0.5, 0.6) is 5.75 Å². The summed E-state index contributed by atoms with van der Waals surface area (Å²) in [6.45, 7) is 2.15. The van der Waals surface area contributed by atoms with Gasteiger partial charge in [-0.1, -0.05) is 24.3 Å². The fraction of sp³-hybridized carbons (Fsp3) is 0.200. The Labute approximate surface area is 206 Å². The molecule has 3 aromatic carbocycles. The maximum atomic E-state index is 14.4. The third-order valence-electron chi connectivity index (χ3n) is 5.24. The number of benzene rings is 3. The number of carbonyl (C=O) groups excluding carboxylic acids is 2. The lowest BCUT2D eigenvalue weighted by Gasteiger charge is -2.31. The molecular formula is C25H19F7N2O3. The van der Waals surface area contributed by atoms with Crippen LogP contribution in [0.1, 0.15) is 27.0 Å². The highest BCUT2D eigenvalue weighted by Crippen LogP contribution is 2.54. The Morgan fingerprint density at radius 3 is 1.73 bits per heavy atom. The molecule has 3 aromatic rings. The molecule has 0 bridgehead atoms. The van der Waals surface area contributed by atoms with Crippen LogP contribution in [0.25, 0.3) is 0 Å². The van der Waals surface area contributed by atoms with Crippen molar-refractivity contribution < 1.29 is 45.1 Å². The van der Waals surface area contributed by atoms with E-state index in [1.165, 1.54) is 18.2 Å². The molecule has 0 unspecified atom stereocenters. The van der Waals surface area contributed by atoms with Gasteiger partial charge in [0, 0.05) is 22.5 Å². The van der Waals surface area contributed by atoms with Crippen LogP contribution in [0.15, 0.2) is 66.7 Å². The Morgan fingerprint density at radius 1 is 0.703 bits per heavy atom. The van der Waals surface area contributed by atoms with Crippen LogP contribution in [0.3, 0.4) is 0 Å². The van der Waals surface area contributed by atoms with Crippen LogP contribution in [0, 0.1) is 13.8 Å². The molecule has 196 valence electrons. The second-order valence-corrected chi connectivity index (χ2v) is 8.01. The Morgan fingerprint density at radius 2 is 1.22 bits per heavy atom. The van der Waals surface area contributed by atoms with Crippen LogP contribution < -0.4 is 15.4 Å². The minimum atomic E-state index is -6.27. The first-order valence-electron chi connectivity index (χ1n) is 10.5. The Balaban J connectivity index is 1.78. The molecule has 0 aromatic heterocycles. The number of aryl methyl sites for hydroxylation is 2. The van der Waals surface area contributed by atoms with E-state index in [0.29, 0.717) is 23.4 Å². The van der Waals surface area contributed by atoms with Gasteiger partial charge in [0.15, 0.2) is 0 Å². The Hall–Kier alpha value is -4.09.